The molecule has 2 aromatic rings. The lowest BCUT2D eigenvalue weighted by molar-refractivity contribution is 0.0979. The number of aromatic nitrogens is 2. The fraction of sp³-hybridized carbons (Fsp3) is 0. The largest absolute Gasteiger partial charge is 0.351 e. The van der Waals surface area contributed by atoms with Crippen LogP contribution in [0.1, 0.15) is 20.8 Å². The van der Waals surface area contributed by atoms with Crippen LogP contribution in [0.25, 0.3) is 0 Å². The molecule has 5 nitrogen and oxygen atoms in total. The summed E-state index contributed by atoms with van der Waals surface area (Å²) in [6.07, 6.45) is 2.49. The van der Waals surface area contributed by atoms with E-state index in [2.05, 4.69) is 31.2 Å². The lowest BCUT2D eigenvalue weighted by Gasteiger charge is -2.18. The second kappa shape index (κ2) is 5.17. The van der Waals surface area contributed by atoms with Crippen LogP contribution < -0.4 is 5.32 Å². The molecule has 0 saturated heterocycles. The molecule has 0 bridgehead atoms. The minimum Gasteiger partial charge on any atom is -0.351 e. The average Bonchev–Trinajstić information content (AvgIpc) is 2.49. The number of rotatable bonds is 2. The molecule has 0 spiro atoms. The molecular formula is C14H7BrFN3O2. The van der Waals surface area contributed by atoms with Crippen molar-refractivity contribution in [2.24, 2.45) is 0 Å². The molecule has 1 aliphatic rings. The average molecular weight is 348 g/mol. The van der Waals surface area contributed by atoms with Gasteiger partial charge in [0.2, 0.25) is 11.6 Å². The van der Waals surface area contributed by atoms with E-state index in [4.69, 9.17) is 0 Å². The summed E-state index contributed by atoms with van der Waals surface area (Å²) in [5, 5.41) is 2.76. The summed E-state index contributed by atoms with van der Waals surface area (Å²) in [7, 11) is 0. The number of nitrogens with one attached hydrogen (secondary N) is 1. The quantitative estimate of drug-likeness (QED) is 0.904. The van der Waals surface area contributed by atoms with Crippen molar-refractivity contribution in [2.75, 3.05) is 5.32 Å². The number of anilines is 1. The van der Waals surface area contributed by atoms with Gasteiger partial charge in [0.1, 0.15) is 23.5 Å². The zero-order valence-corrected chi connectivity index (χ0v) is 12.0. The monoisotopic (exact) mass is 347 g/mol. The predicted molar refractivity (Wildman–Crippen MR) is 76.7 cm³/mol. The molecule has 0 aliphatic heterocycles. The van der Waals surface area contributed by atoms with Crippen molar-refractivity contribution in [1.82, 2.24) is 9.97 Å². The van der Waals surface area contributed by atoms with Gasteiger partial charge in [-0.15, -0.1) is 0 Å². The Labute approximate surface area is 127 Å². The molecule has 1 heterocycles. The van der Waals surface area contributed by atoms with Gasteiger partial charge in [0.15, 0.2) is 0 Å². The van der Waals surface area contributed by atoms with E-state index in [9.17, 15) is 14.0 Å². The highest BCUT2D eigenvalue weighted by Gasteiger charge is 2.32. The van der Waals surface area contributed by atoms with E-state index in [0.717, 1.165) is 0 Å². The van der Waals surface area contributed by atoms with E-state index in [1.54, 1.807) is 6.07 Å². The summed E-state index contributed by atoms with van der Waals surface area (Å²) >= 11 is 3.10. The standard InChI is InChI=1S/C14H7BrFN3O2/c15-10-12(19-8-3-1-2-7(16)4-8)13(20)9-5-17-6-18-11(9)14(10)21/h1-6,19H. The van der Waals surface area contributed by atoms with E-state index >= 15 is 0 Å². The Hall–Kier alpha value is -2.41. The Morgan fingerprint density at radius 2 is 2.00 bits per heavy atom. The lowest BCUT2D eigenvalue weighted by Crippen LogP contribution is -2.25. The van der Waals surface area contributed by atoms with Gasteiger partial charge in [0.05, 0.1) is 10.0 Å². The topological polar surface area (TPSA) is 72.0 Å². The molecule has 0 atom stereocenters. The number of carbonyl (C=O) groups is 2. The number of hydrogen-bond donors (Lipinski definition) is 1. The van der Waals surface area contributed by atoms with E-state index < -0.39 is 17.4 Å². The van der Waals surface area contributed by atoms with Gasteiger partial charge in [0, 0.05) is 11.9 Å². The van der Waals surface area contributed by atoms with Gasteiger partial charge in [-0.05, 0) is 34.1 Å². The van der Waals surface area contributed by atoms with Crippen LogP contribution in [-0.2, 0) is 0 Å². The van der Waals surface area contributed by atoms with Crippen molar-refractivity contribution in [3.8, 4) is 0 Å². The molecule has 1 aromatic heterocycles. The first-order chi connectivity index (χ1) is 10.1. The van der Waals surface area contributed by atoms with Crippen molar-refractivity contribution in [3.05, 3.63) is 64.0 Å². The van der Waals surface area contributed by atoms with Crippen LogP contribution in [0.2, 0.25) is 0 Å². The molecule has 1 aliphatic carbocycles. The summed E-state index contributed by atoms with van der Waals surface area (Å²) in [6.45, 7) is 0. The number of carbonyl (C=O) groups excluding carboxylic acids is 2. The molecule has 7 heteroatoms. The molecule has 1 N–H and O–H groups in total. The number of fused-ring (bicyclic) bond motifs is 1. The molecule has 3 rings (SSSR count). The number of ketones is 2. The number of hydrogen-bond acceptors (Lipinski definition) is 5. The van der Waals surface area contributed by atoms with Gasteiger partial charge in [-0.2, -0.15) is 0 Å². The smallest absolute Gasteiger partial charge is 0.221 e. The molecule has 21 heavy (non-hydrogen) atoms. The first kappa shape index (κ1) is 13.6. The number of benzene rings is 1. The Balaban J connectivity index is 2.05. The Kier molecular flexibility index (Phi) is 3.34. The maximum Gasteiger partial charge on any atom is 0.221 e. The summed E-state index contributed by atoms with van der Waals surface area (Å²) in [4.78, 5) is 32.1. The lowest BCUT2D eigenvalue weighted by atomic mass is 9.98. The third-order valence-electron chi connectivity index (χ3n) is 2.91. The van der Waals surface area contributed by atoms with Gasteiger partial charge in [-0.1, -0.05) is 6.07 Å². The van der Waals surface area contributed by atoms with Crippen molar-refractivity contribution in [3.63, 3.8) is 0 Å². The van der Waals surface area contributed by atoms with Crippen molar-refractivity contribution < 1.29 is 14.0 Å². The normalized spacial score (nSPS) is 14.2. The van der Waals surface area contributed by atoms with E-state index in [0.29, 0.717) is 5.69 Å². The predicted octanol–water partition coefficient (Wildman–Crippen LogP) is 2.71. The first-order valence-electron chi connectivity index (χ1n) is 5.89. The summed E-state index contributed by atoms with van der Waals surface area (Å²) in [6, 6.07) is 5.59. The summed E-state index contributed by atoms with van der Waals surface area (Å²) in [5.74, 6) is -1.30. The minimum atomic E-state index is -0.449. The molecule has 0 amide bonds. The van der Waals surface area contributed by atoms with Crippen molar-refractivity contribution in [2.45, 2.75) is 0 Å². The van der Waals surface area contributed by atoms with Crippen LogP contribution in [0.15, 0.2) is 47.0 Å². The molecule has 0 fully saturated rings. The second-order valence-electron chi connectivity index (χ2n) is 4.27. The molecule has 0 saturated carbocycles. The maximum absolute atomic E-state index is 13.2. The van der Waals surface area contributed by atoms with Crippen LogP contribution in [-0.4, -0.2) is 21.5 Å². The zero-order valence-electron chi connectivity index (χ0n) is 10.4. The number of halogens is 2. The van der Waals surface area contributed by atoms with Crippen LogP contribution in [0.3, 0.4) is 0 Å². The number of Topliss-reactive ketones (excluding diaryl/α,β-unsaturated/α-hetero) is 2. The van der Waals surface area contributed by atoms with Crippen LogP contribution in [0.4, 0.5) is 10.1 Å². The van der Waals surface area contributed by atoms with E-state index in [-0.39, 0.29) is 21.4 Å². The van der Waals surface area contributed by atoms with Crippen LogP contribution >= 0.6 is 15.9 Å². The SMILES string of the molecule is O=C1C(Nc2cccc(F)c2)=C(Br)C(=O)c2ncncc21. The highest BCUT2D eigenvalue weighted by molar-refractivity contribution is 9.12. The van der Waals surface area contributed by atoms with Gasteiger partial charge < -0.3 is 5.32 Å². The molecular weight excluding hydrogens is 341 g/mol. The van der Waals surface area contributed by atoms with Crippen molar-refractivity contribution in [1.29, 1.82) is 0 Å². The fourth-order valence-electron chi connectivity index (χ4n) is 1.95. The van der Waals surface area contributed by atoms with Gasteiger partial charge in [0.25, 0.3) is 0 Å². The minimum absolute atomic E-state index is 0.0351. The summed E-state index contributed by atoms with van der Waals surface area (Å²) in [5.41, 5.74) is 0.563. The molecule has 0 unspecified atom stereocenters. The third kappa shape index (κ3) is 2.36. The Bertz CT molecular complexity index is 804. The highest BCUT2D eigenvalue weighted by atomic mass is 79.9. The van der Waals surface area contributed by atoms with E-state index in [1.165, 1.54) is 30.7 Å². The van der Waals surface area contributed by atoms with Crippen LogP contribution in [0.5, 0.6) is 0 Å². The van der Waals surface area contributed by atoms with E-state index in [1.807, 2.05) is 0 Å². The Morgan fingerprint density at radius 1 is 1.19 bits per heavy atom. The maximum atomic E-state index is 13.2. The van der Waals surface area contributed by atoms with Crippen LogP contribution in [0, 0.1) is 5.82 Å². The van der Waals surface area contributed by atoms with Crippen molar-refractivity contribution >= 4 is 33.2 Å². The van der Waals surface area contributed by atoms with Gasteiger partial charge in [-0.3, -0.25) is 9.59 Å². The molecule has 0 radical (unpaired) electrons. The highest BCUT2D eigenvalue weighted by Crippen LogP contribution is 2.29. The summed E-state index contributed by atoms with van der Waals surface area (Å²) < 4.78 is 13.2. The Morgan fingerprint density at radius 3 is 2.76 bits per heavy atom. The molecule has 1 aromatic carbocycles. The van der Waals surface area contributed by atoms with Gasteiger partial charge in [-0.25, -0.2) is 14.4 Å². The number of allylic oxidation sites excluding steroid dienone is 2. The third-order valence-corrected chi connectivity index (χ3v) is 3.67. The molecule has 104 valence electrons. The number of nitrogens with zero attached hydrogens (tertiary/aromatic N) is 2. The fourth-order valence-corrected chi connectivity index (χ4v) is 2.42. The second-order valence-corrected chi connectivity index (χ2v) is 5.06. The zero-order chi connectivity index (χ0) is 15.0. The van der Waals surface area contributed by atoms with Gasteiger partial charge >= 0.3 is 0 Å². The first-order valence-corrected chi connectivity index (χ1v) is 6.69.